The lowest BCUT2D eigenvalue weighted by atomic mass is 10.8. The molecule has 5 nitrogen and oxygen atoms in total. The van der Waals surface area contributed by atoms with Gasteiger partial charge in [0.25, 0.3) is 0 Å². The molecule has 68 valence electrons. The number of nitrogens with zero attached hydrogens (tertiary/aromatic N) is 3. The average molecular weight is 236 g/mol. The third-order valence-corrected chi connectivity index (χ3v) is 1.52. The molecule has 0 spiro atoms. The monoisotopic (exact) mass is 235 g/mol. The van der Waals surface area contributed by atoms with Gasteiger partial charge in [-0.2, -0.15) is 4.57 Å². The summed E-state index contributed by atoms with van der Waals surface area (Å²) < 4.78 is 3.75. The van der Waals surface area contributed by atoms with E-state index in [-0.39, 0.29) is 28.4 Å². The Morgan fingerprint density at radius 3 is 2.33 bits per heavy atom. The molecule has 0 aliphatic rings. The van der Waals surface area contributed by atoms with Gasteiger partial charge >= 0.3 is 11.4 Å². The summed E-state index contributed by atoms with van der Waals surface area (Å²) in [4.78, 5) is 22.1. The Kier molecular flexibility index (Phi) is 3.38. The summed E-state index contributed by atoms with van der Waals surface area (Å²) in [6, 6.07) is 0. The van der Waals surface area contributed by atoms with Gasteiger partial charge in [-0.15, -0.1) is 0 Å². The second-order valence-corrected chi connectivity index (χ2v) is 2.46. The van der Waals surface area contributed by atoms with Crippen molar-refractivity contribution >= 4 is 0 Å². The molecule has 0 atom stereocenters. The van der Waals surface area contributed by atoms with Crippen LogP contribution in [0.4, 0.5) is 0 Å². The van der Waals surface area contributed by atoms with Gasteiger partial charge in [-0.1, -0.05) is 0 Å². The van der Waals surface area contributed by atoms with E-state index in [0.717, 1.165) is 4.57 Å². The maximum Gasteiger partial charge on any atom is 0.447 e. The van der Waals surface area contributed by atoms with Gasteiger partial charge < -0.3 is 17.0 Å². The molecule has 12 heavy (non-hydrogen) atoms. The third kappa shape index (κ3) is 1.63. The Labute approximate surface area is 79.7 Å². The first-order valence-corrected chi connectivity index (χ1v) is 3.16. The number of rotatable bonds is 0. The van der Waals surface area contributed by atoms with E-state index in [4.69, 9.17) is 0 Å². The molecule has 0 saturated heterocycles. The lowest BCUT2D eigenvalue weighted by molar-refractivity contribution is -0.695. The summed E-state index contributed by atoms with van der Waals surface area (Å²) in [6.45, 7) is 0. The molecule has 0 aromatic carbocycles. The first-order chi connectivity index (χ1) is 5.04. The Morgan fingerprint density at radius 1 is 1.33 bits per heavy atom. The molecule has 0 N–H and O–H groups in total. The van der Waals surface area contributed by atoms with Gasteiger partial charge in [-0.25, -0.2) is 18.7 Å². The fourth-order valence-corrected chi connectivity index (χ4v) is 0.914. The van der Waals surface area contributed by atoms with Gasteiger partial charge in [0, 0.05) is 0 Å². The van der Waals surface area contributed by atoms with Crippen LogP contribution in [0.5, 0.6) is 0 Å². The normalized spacial score (nSPS) is 9.25. The molecule has 1 aromatic heterocycles. The van der Waals surface area contributed by atoms with Crippen LogP contribution < -0.4 is 32.9 Å². The summed E-state index contributed by atoms with van der Waals surface area (Å²) in [5, 5.41) is 0. The summed E-state index contributed by atoms with van der Waals surface area (Å²) in [7, 11) is 4.65. The zero-order valence-corrected chi connectivity index (χ0v) is 8.70. The van der Waals surface area contributed by atoms with Crippen LogP contribution in [0.3, 0.4) is 0 Å². The minimum absolute atomic E-state index is 0. The second kappa shape index (κ2) is 3.66. The van der Waals surface area contributed by atoms with E-state index >= 15 is 0 Å². The van der Waals surface area contributed by atoms with Crippen molar-refractivity contribution < 1.29 is 21.5 Å². The van der Waals surface area contributed by atoms with Gasteiger partial charge in [0.05, 0.1) is 21.1 Å². The number of hydrogen-bond acceptors (Lipinski definition) is 2. The maximum atomic E-state index is 11.1. The largest absolute Gasteiger partial charge is 1.00 e. The van der Waals surface area contributed by atoms with E-state index < -0.39 is 0 Å². The lowest BCUT2D eigenvalue weighted by Gasteiger charge is -1.95. The van der Waals surface area contributed by atoms with Crippen LogP contribution >= 0.6 is 0 Å². The smallest absolute Gasteiger partial charge is 0.447 e. The molecule has 0 saturated carbocycles. The van der Waals surface area contributed by atoms with E-state index in [1.807, 2.05) is 0 Å². The highest BCUT2D eigenvalue weighted by Gasteiger charge is 2.07. The molecular formula is C6H10BrN3O2. The topological polar surface area (TPSA) is 47.9 Å². The number of halogens is 1. The summed E-state index contributed by atoms with van der Waals surface area (Å²) in [5.41, 5.74) is -0.624. The molecule has 0 bridgehead atoms. The van der Waals surface area contributed by atoms with Crippen LogP contribution in [0.2, 0.25) is 0 Å². The van der Waals surface area contributed by atoms with E-state index in [1.165, 1.54) is 22.5 Å². The van der Waals surface area contributed by atoms with Crippen molar-refractivity contribution in [1.29, 1.82) is 0 Å². The third-order valence-electron chi connectivity index (χ3n) is 1.52. The first kappa shape index (κ1) is 11.1. The van der Waals surface area contributed by atoms with Gasteiger partial charge in [0.1, 0.15) is 0 Å². The standard InChI is InChI=1S/C6H10N3O2.BrH/c1-7-4-8(2)6(11)9(3)5(7)10;/h4H,1-3H3;1H/q+1;/p-1. The highest BCUT2D eigenvalue weighted by atomic mass is 79.9. The first-order valence-electron chi connectivity index (χ1n) is 3.16. The van der Waals surface area contributed by atoms with Crippen molar-refractivity contribution in [3.8, 4) is 0 Å². The molecule has 0 amide bonds. The molecule has 0 unspecified atom stereocenters. The molecule has 1 aromatic rings. The zero-order valence-electron chi connectivity index (χ0n) is 7.11. The molecule has 0 aliphatic carbocycles. The fraction of sp³-hybridized carbons (Fsp3) is 0.500. The van der Waals surface area contributed by atoms with Crippen molar-refractivity contribution in [2.45, 2.75) is 0 Å². The Morgan fingerprint density at radius 2 is 1.83 bits per heavy atom. The predicted molar refractivity (Wildman–Crippen MR) is 38.1 cm³/mol. The van der Waals surface area contributed by atoms with Crippen molar-refractivity contribution in [2.24, 2.45) is 21.1 Å². The van der Waals surface area contributed by atoms with Gasteiger partial charge in [-0.3, -0.25) is 0 Å². The van der Waals surface area contributed by atoms with Crippen LogP contribution in [-0.2, 0) is 21.1 Å². The highest BCUT2D eigenvalue weighted by molar-refractivity contribution is 4.61. The van der Waals surface area contributed by atoms with Crippen molar-refractivity contribution in [3.05, 3.63) is 27.3 Å². The molecule has 1 rings (SSSR count). The Balaban J connectivity index is 0.00000121. The summed E-state index contributed by atoms with van der Waals surface area (Å²) in [6.07, 6.45) is 1.45. The predicted octanol–water partition coefficient (Wildman–Crippen LogP) is -5.09. The van der Waals surface area contributed by atoms with Gasteiger partial charge in [-0.05, 0) is 0 Å². The molecule has 1 heterocycles. The van der Waals surface area contributed by atoms with Crippen LogP contribution in [0.15, 0.2) is 15.9 Å². The van der Waals surface area contributed by atoms with Crippen molar-refractivity contribution in [1.82, 2.24) is 9.13 Å². The molecule has 6 heteroatoms. The van der Waals surface area contributed by atoms with E-state index in [9.17, 15) is 9.59 Å². The molecule has 0 aliphatic heterocycles. The molecular weight excluding hydrogens is 226 g/mol. The fourth-order valence-electron chi connectivity index (χ4n) is 0.914. The minimum atomic E-state index is -0.312. The summed E-state index contributed by atoms with van der Waals surface area (Å²) >= 11 is 0. The van der Waals surface area contributed by atoms with E-state index in [2.05, 4.69) is 0 Å². The van der Waals surface area contributed by atoms with Crippen molar-refractivity contribution in [3.63, 3.8) is 0 Å². The molecule has 0 fully saturated rings. The maximum absolute atomic E-state index is 11.1. The second-order valence-electron chi connectivity index (χ2n) is 2.46. The Hall–Kier alpha value is -0.910. The van der Waals surface area contributed by atoms with E-state index in [0.29, 0.717) is 0 Å². The zero-order chi connectivity index (χ0) is 8.59. The average Bonchev–Trinajstić information content (AvgIpc) is 1.97. The van der Waals surface area contributed by atoms with Crippen LogP contribution in [0.1, 0.15) is 0 Å². The summed E-state index contributed by atoms with van der Waals surface area (Å²) in [5.74, 6) is 0. The number of hydrogen-bond donors (Lipinski definition) is 0. The Bertz CT molecular complexity index is 359. The van der Waals surface area contributed by atoms with Gasteiger partial charge in [0.15, 0.2) is 6.33 Å². The minimum Gasteiger partial charge on any atom is -1.00 e. The van der Waals surface area contributed by atoms with Crippen LogP contribution in [-0.4, -0.2) is 9.13 Å². The SMILES string of the molecule is Cn1c[n+](C)c(=O)n(C)c1=O.[Br-]. The van der Waals surface area contributed by atoms with Crippen molar-refractivity contribution in [2.75, 3.05) is 0 Å². The lowest BCUT2D eigenvalue weighted by Crippen LogP contribution is -3.00. The van der Waals surface area contributed by atoms with E-state index in [1.54, 1.807) is 14.1 Å². The van der Waals surface area contributed by atoms with Gasteiger partial charge in [0.2, 0.25) is 0 Å². The van der Waals surface area contributed by atoms with Crippen LogP contribution in [0.25, 0.3) is 0 Å². The quantitative estimate of drug-likeness (QED) is 0.423. The number of aryl methyl sites for hydroxylation is 2. The van der Waals surface area contributed by atoms with Crippen LogP contribution in [0, 0.1) is 0 Å². The molecule has 0 radical (unpaired) electrons. The highest BCUT2D eigenvalue weighted by Crippen LogP contribution is 1.58. The number of aromatic nitrogens is 3.